The lowest BCUT2D eigenvalue weighted by atomic mass is 9.97. The van der Waals surface area contributed by atoms with E-state index in [4.69, 9.17) is 16.9 Å². The van der Waals surface area contributed by atoms with E-state index in [1.807, 2.05) is 13.0 Å². The highest BCUT2D eigenvalue weighted by atomic mass is 35.5. The zero-order valence-electron chi connectivity index (χ0n) is 10.9. The molecule has 0 saturated carbocycles. The van der Waals surface area contributed by atoms with Gasteiger partial charge in [0.2, 0.25) is 0 Å². The zero-order chi connectivity index (χ0) is 13.6. The smallest absolute Gasteiger partial charge is 0.101 e. The van der Waals surface area contributed by atoms with E-state index >= 15 is 0 Å². The van der Waals surface area contributed by atoms with E-state index in [1.54, 1.807) is 6.07 Å². The number of nitrogens with zero attached hydrogens (tertiary/aromatic N) is 2. The van der Waals surface area contributed by atoms with E-state index in [0.29, 0.717) is 22.7 Å². The number of rotatable bonds is 1. The number of benzene rings is 1. The maximum atomic E-state index is 9.86. The van der Waals surface area contributed by atoms with E-state index in [0.717, 1.165) is 36.9 Å². The fraction of sp³-hybridized carbons (Fsp3) is 0.533. The van der Waals surface area contributed by atoms with Gasteiger partial charge in [-0.05, 0) is 50.3 Å². The molecule has 19 heavy (non-hydrogen) atoms. The van der Waals surface area contributed by atoms with Crippen molar-refractivity contribution < 1.29 is 5.11 Å². The Morgan fingerprint density at radius 1 is 1.32 bits per heavy atom. The maximum Gasteiger partial charge on any atom is 0.101 e. The number of hydrogen-bond acceptors (Lipinski definition) is 3. The lowest BCUT2D eigenvalue weighted by Gasteiger charge is -2.40. The molecule has 0 radical (unpaired) electrons. The van der Waals surface area contributed by atoms with Gasteiger partial charge in [0.25, 0.3) is 0 Å². The molecule has 0 spiro atoms. The van der Waals surface area contributed by atoms with Gasteiger partial charge in [-0.1, -0.05) is 11.6 Å². The monoisotopic (exact) mass is 276 g/mol. The maximum absolute atomic E-state index is 9.86. The quantitative estimate of drug-likeness (QED) is 0.858. The summed E-state index contributed by atoms with van der Waals surface area (Å²) < 4.78 is 0. The minimum Gasteiger partial charge on any atom is -0.393 e. The van der Waals surface area contributed by atoms with Crippen LogP contribution in [0, 0.1) is 18.3 Å². The second-order valence-corrected chi connectivity index (χ2v) is 5.98. The number of piperidine rings is 1. The Balaban J connectivity index is 2.00. The second-order valence-electron chi connectivity index (χ2n) is 5.60. The van der Waals surface area contributed by atoms with Crippen molar-refractivity contribution in [3.05, 3.63) is 28.3 Å². The number of hydrogen-bond donors (Lipinski definition) is 1. The van der Waals surface area contributed by atoms with Crippen molar-refractivity contribution in [2.45, 2.75) is 50.8 Å². The van der Waals surface area contributed by atoms with Crippen LogP contribution in [-0.4, -0.2) is 23.3 Å². The van der Waals surface area contributed by atoms with Gasteiger partial charge >= 0.3 is 0 Å². The van der Waals surface area contributed by atoms with Gasteiger partial charge in [0.05, 0.1) is 16.7 Å². The predicted octanol–water partition coefficient (Wildman–Crippen LogP) is 3.01. The van der Waals surface area contributed by atoms with E-state index < -0.39 is 0 Å². The first kappa shape index (κ1) is 12.8. The second kappa shape index (κ2) is 4.70. The molecule has 0 aliphatic carbocycles. The third kappa shape index (κ3) is 2.00. The van der Waals surface area contributed by atoms with Crippen molar-refractivity contribution in [3.8, 4) is 6.07 Å². The molecular weight excluding hydrogens is 260 g/mol. The number of halogens is 1. The molecule has 0 amide bonds. The van der Waals surface area contributed by atoms with Crippen molar-refractivity contribution in [2.24, 2.45) is 0 Å². The molecule has 2 aliphatic rings. The molecule has 2 bridgehead atoms. The summed E-state index contributed by atoms with van der Waals surface area (Å²) in [5, 5.41) is 19.4. The summed E-state index contributed by atoms with van der Waals surface area (Å²) in [6.45, 7) is 1.98. The molecule has 2 heterocycles. The molecule has 0 unspecified atom stereocenters. The SMILES string of the molecule is Cc1c(N2[C@@H]3CC[C@H]2C[C@@H](O)C3)ccc(C#N)c1Cl. The number of anilines is 1. The van der Waals surface area contributed by atoms with Gasteiger partial charge in [-0.2, -0.15) is 5.26 Å². The molecule has 2 fully saturated rings. The van der Waals surface area contributed by atoms with Crippen LogP contribution in [0.5, 0.6) is 0 Å². The van der Waals surface area contributed by atoms with Crippen molar-refractivity contribution in [3.63, 3.8) is 0 Å². The van der Waals surface area contributed by atoms with Crippen LogP contribution in [0.3, 0.4) is 0 Å². The Bertz CT molecular complexity index is 538. The first-order valence-electron chi connectivity index (χ1n) is 6.77. The van der Waals surface area contributed by atoms with Gasteiger partial charge < -0.3 is 10.0 Å². The van der Waals surface area contributed by atoms with Crippen LogP contribution in [0.25, 0.3) is 0 Å². The lowest BCUT2D eigenvalue weighted by Crippen LogP contribution is -2.45. The van der Waals surface area contributed by atoms with Crippen LogP contribution in [-0.2, 0) is 0 Å². The summed E-state index contributed by atoms with van der Waals surface area (Å²) in [6.07, 6.45) is 3.79. The fourth-order valence-corrected chi connectivity index (χ4v) is 3.78. The summed E-state index contributed by atoms with van der Waals surface area (Å²) in [6, 6.07) is 6.75. The fourth-order valence-electron chi connectivity index (χ4n) is 3.58. The first-order valence-corrected chi connectivity index (χ1v) is 7.15. The van der Waals surface area contributed by atoms with Crippen molar-refractivity contribution in [1.29, 1.82) is 5.26 Å². The molecule has 3 atom stereocenters. The third-order valence-corrected chi connectivity index (χ3v) is 4.95. The van der Waals surface area contributed by atoms with Crippen LogP contribution < -0.4 is 4.90 Å². The number of nitriles is 1. The van der Waals surface area contributed by atoms with Gasteiger partial charge in [-0.3, -0.25) is 0 Å². The summed E-state index contributed by atoms with van der Waals surface area (Å²) >= 11 is 6.26. The highest BCUT2D eigenvalue weighted by Gasteiger charge is 2.40. The minimum absolute atomic E-state index is 0.164. The summed E-state index contributed by atoms with van der Waals surface area (Å²) in [5.41, 5.74) is 2.64. The van der Waals surface area contributed by atoms with Crippen LogP contribution in [0.2, 0.25) is 5.02 Å². The van der Waals surface area contributed by atoms with Gasteiger partial charge in [0.1, 0.15) is 6.07 Å². The number of fused-ring (bicyclic) bond motifs is 2. The highest BCUT2D eigenvalue weighted by Crippen LogP contribution is 2.42. The molecule has 1 aromatic rings. The number of aliphatic hydroxyl groups is 1. The normalized spacial score (nSPS) is 29.4. The van der Waals surface area contributed by atoms with E-state index in [-0.39, 0.29) is 6.10 Å². The summed E-state index contributed by atoms with van der Waals surface area (Å²) in [7, 11) is 0. The Kier molecular flexibility index (Phi) is 3.16. The minimum atomic E-state index is -0.164. The molecule has 100 valence electrons. The van der Waals surface area contributed by atoms with Crippen LogP contribution >= 0.6 is 11.6 Å². The summed E-state index contributed by atoms with van der Waals surface area (Å²) in [4.78, 5) is 2.41. The van der Waals surface area contributed by atoms with Crippen LogP contribution in [0.15, 0.2) is 12.1 Å². The number of aliphatic hydroxyl groups excluding tert-OH is 1. The molecule has 2 saturated heterocycles. The molecule has 3 rings (SSSR count). The largest absolute Gasteiger partial charge is 0.393 e. The molecule has 3 nitrogen and oxygen atoms in total. The molecule has 1 aromatic carbocycles. The Morgan fingerprint density at radius 3 is 2.53 bits per heavy atom. The molecule has 1 N–H and O–H groups in total. The van der Waals surface area contributed by atoms with Gasteiger partial charge in [-0.25, -0.2) is 0 Å². The summed E-state index contributed by atoms with van der Waals surface area (Å²) in [5.74, 6) is 0. The topological polar surface area (TPSA) is 47.3 Å². The lowest BCUT2D eigenvalue weighted by molar-refractivity contribution is 0.126. The third-order valence-electron chi connectivity index (χ3n) is 4.46. The predicted molar refractivity (Wildman–Crippen MR) is 75.4 cm³/mol. The zero-order valence-corrected chi connectivity index (χ0v) is 11.7. The average Bonchev–Trinajstić information content (AvgIpc) is 2.65. The Morgan fingerprint density at radius 2 is 1.95 bits per heavy atom. The van der Waals surface area contributed by atoms with Crippen molar-refractivity contribution >= 4 is 17.3 Å². The van der Waals surface area contributed by atoms with Gasteiger partial charge in [0, 0.05) is 17.8 Å². The Labute approximate surface area is 118 Å². The van der Waals surface area contributed by atoms with Crippen LogP contribution in [0.4, 0.5) is 5.69 Å². The Hall–Kier alpha value is -1.24. The highest BCUT2D eigenvalue weighted by molar-refractivity contribution is 6.32. The van der Waals surface area contributed by atoms with Crippen LogP contribution in [0.1, 0.15) is 36.8 Å². The molecular formula is C15H17ClN2O. The molecule has 4 heteroatoms. The molecule has 2 aliphatic heterocycles. The van der Waals surface area contributed by atoms with Crippen molar-refractivity contribution in [1.82, 2.24) is 0 Å². The molecule has 0 aromatic heterocycles. The van der Waals surface area contributed by atoms with Gasteiger partial charge in [-0.15, -0.1) is 0 Å². The van der Waals surface area contributed by atoms with E-state index in [9.17, 15) is 5.11 Å². The van der Waals surface area contributed by atoms with E-state index in [1.165, 1.54) is 0 Å². The van der Waals surface area contributed by atoms with E-state index in [2.05, 4.69) is 11.0 Å². The average molecular weight is 277 g/mol. The van der Waals surface area contributed by atoms with Gasteiger partial charge in [0.15, 0.2) is 0 Å². The standard InChI is InChI=1S/C15H17ClN2O/c1-9-14(5-2-10(8-17)15(9)16)18-11-3-4-12(18)7-13(19)6-11/h2,5,11-13,19H,3-4,6-7H2,1H3/t11-,12+,13+. The first-order chi connectivity index (χ1) is 9.11. The van der Waals surface area contributed by atoms with Crippen molar-refractivity contribution in [2.75, 3.05) is 4.90 Å².